The first-order valence-corrected chi connectivity index (χ1v) is 7.05. The maximum absolute atomic E-state index is 11.4. The van der Waals surface area contributed by atoms with Crippen LogP contribution in [0.1, 0.15) is 19.3 Å². The van der Waals surface area contributed by atoms with Crippen LogP contribution in [0.5, 0.6) is 0 Å². The minimum Gasteiger partial charge on any atom is -0.396 e. The van der Waals surface area contributed by atoms with Crippen molar-refractivity contribution in [1.29, 1.82) is 0 Å². The van der Waals surface area contributed by atoms with Crippen LogP contribution in [0.3, 0.4) is 0 Å². The van der Waals surface area contributed by atoms with E-state index >= 15 is 0 Å². The van der Waals surface area contributed by atoms with E-state index in [1.54, 1.807) is 0 Å². The number of aliphatic hydroxyl groups is 1. The van der Waals surface area contributed by atoms with Gasteiger partial charge < -0.3 is 15.2 Å². The van der Waals surface area contributed by atoms with Crippen molar-refractivity contribution in [3.63, 3.8) is 0 Å². The second kappa shape index (κ2) is 7.76. The van der Waals surface area contributed by atoms with Crippen LogP contribution >= 0.6 is 0 Å². The molecule has 1 heterocycles. The summed E-state index contributed by atoms with van der Waals surface area (Å²) in [5, 5.41) is 11.3. The number of nitrogens with one attached hydrogen (secondary N) is 1. The van der Waals surface area contributed by atoms with Gasteiger partial charge in [0.2, 0.25) is 5.91 Å². The molecule has 16 heavy (non-hydrogen) atoms. The third-order valence-corrected chi connectivity index (χ3v) is 3.70. The lowest BCUT2D eigenvalue weighted by atomic mass is 10.2. The van der Waals surface area contributed by atoms with Crippen molar-refractivity contribution in [2.75, 3.05) is 31.3 Å². The van der Waals surface area contributed by atoms with E-state index in [2.05, 4.69) is 5.32 Å². The minimum absolute atomic E-state index is 0.0171. The molecule has 0 radical (unpaired) electrons. The zero-order valence-electron chi connectivity index (χ0n) is 9.31. The van der Waals surface area contributed by atoms with Gasteiger partial charge in [-0.1, -0.05) is 0 Å². The molecule has 2 unspecified atom stereocenters. The molecule has 0 aromatic rings. The number of rotatable bonds is 7. The van der Waals surface area contributed by atoms with Crippen LogP contribution in [0.2, 0.25) is 0 Å². The number of ether oxygens (including phenoxy) is 1. The van der Waals surface area contributed by atoms with Gasteiger partial charge >= 0.3 is 0 Å². The molecular weight excluding hydrogens is 230 g/mol. The SMILES string of the molecule is O=C(CS(=O)CCCO)NCC1CCCO1. The summed E-state index contributed by atoms with van der Waals surface area (Å²) in [6.45, 7) is 1.29. The third-order valence-electron chi connectivity index (χ3n) is 2.37. The molecule has 1 aliphatic heterocycles. The molecular formula is C10H19NO4S. The summed E-state index contributed by atoms with van der Waals surface area (Å²) in [4.78, 5) is 11.4. The van der Waals surface area contributed by atoms with Crippen LogP contribution in [0.15, 0.2) is 0 Å². The van der Waals surface area contributed by atoms with E-state index in [4.69, 9.17) is 9.84 Å². The first-order chi connectivity index (χ1) is 7.72. The standard InChI is InChI=1S/C10H19NO4S/c12-4-2-6-16(14)8-10(13)11-7-9-3-1-5-15-9/h9,12H,1-8H2,(H,11,13). The number of hydrogen-bond donors (Lipinski definition) is 2. The van der Waals surface area contributed by atoms with Crippen LogP contribution in [0.25, 0.3) is 0 Å². The molecule has 1 aliphatic rings. The zero-order chi connectivity index (χ0) is 11.8. The van der Waals surface area contributed by atoms with Crippen LogP contribution < -0.4 is 5.32 Å². The van der Waals surface area contributed by atoms with Gasteiger partial charge in [-0.25, -0.2) is 0 Å². The van der Waals surface area contributed by atoms with E-state index in [0.717, 1.165) is 19.4 Å². The first-order valence-electron chi connectivity index (χ1n) is 5.56. The zero-order valence-corrected chi connectivity index (χ0v) is 10.1. The molecule has 0 aromatic carbocycles. The van der Waals surface area contributed by atoms with Crippen molar-refractivity contribution in [2.45, 2.75) is 25.4 Å². The highest BCUT2D eigenvalue weighted by molar-refractivity contribution is 7.85. The van der Waals surface area contributed by atoms with Crippen molar-refractivity contribution < 1.29 is 18.8 Å². The van der Waals surface area contributed by atoms with Crippen molar-refractivity contribution in [3.05, 3.63) is 0 Å². The summed E-state index contributed by atoms with van der Waals surface area (Å²) >= 11 is 0. The van der Waals surface area contributed by atoms with E-state index in [-0.39, 0.29) is 24.4 Å². The predicted octanol–water partition coefficient (Wildman–Crippen LogP) is -0.587. The summed E-state index contributed by atoms with van der Waals surface area (Å²) < 4.78 is 16.7. The van der Waals surface area contributed by atoms with Crippen molar-refractivity contribution in [3.8, 4) is 0 Å². The number of amides is 1. The second-order valence-corrected chi connectivity index (χ2v) is 5.38. The first kappa shape index (κ1) is 13.6. The Labute approximate surface area is 98.0 Å². The topological polar surface area (TPSA) is 75.6 Å². The Kier molecular flexibility index (Phi) is 6.59. The van der Waals surface area contributed by atoms with E-state index in [1.807, 2.05) is 0 Å². The smallest absolute Gasteiger partial charge is 0.232 e. The maximum Gasteiger partial charge on any atom is 0.232 e. The molecule has 0 aliphatic carbocycles. The number of aliphatic hydroxyl groups excluding tert-OH is 1. The minimum atomic E-state index is -1.17. The van der Waals surface area contributed by atoms with E-state index in [9.17, 15) is 9.00 Å². The van der Waals surface area contributed by atoms with E-state index in [0.29, 0.717) is 18.7 Å². The summed E-state index contributed by atoms with van der Waals surface area (Å²) in [6, 6.07) is 0. The molecule has 2 N–H and O–H groups in total. The van der Waals surface area contributed by atoms with E-state index < -0.39 is 10.8 Å². The highest BCUT2D eigenvalue weighted by Crippen LogP contribution is 2.10. The lowest BCUT2D eigenvalue weighted by Crippen LogP contribution is -2.35. The molecule has 1 rings (SSSR count). The molecule has 0 spiro atoms. The Balaban J connectivity index is 2.07. The van der Waals surface area contributed by atoms with Gasteiger partial charge in [-0.15, -0.1) is 0 Å². The molecule has 5 nitrogen and oxygen atoms in total. The van der Waals surface area contributed by atoms with Gasteiger partial charge in [0.25, 0.3) is 0 Å². The average Bonchev–Trinajstić information content (AvgIpc) is 2.76. The van der Waals surface area contributed by atoms with E-state index in [1.165, 1.54) is 0 Å². The number of hydrogen-bond acceptors (Lipinski definition) is 4. The van der Waals surface area contributed by atoms with Crippen LogP contribution in [-0.4, -0.2) is 52.6 Å². The molecule has 0 aromatic heterocycles. The molecule has 94 valence electrons. The molecule has 6 heteroatoms. The van der Waals surface area contributed by atoms with Gasteiger partial charge in [-0.05, 0) is 19.3 Å². The summed E-state index contributed by atoms with van der Waals surface area (Å²) in [5.41, 5.74) is 0. The summed E-state index contributed by atoms with van der Waals surface area (Å²) in [5.74, 6) is 0.197. The van der Waals surface area contributed by atoms with Crippen molar-refractivity contribution >= 4 is 16.7 Å². The molecule has 0 saturated carbocycles. The van der Waals surface area contributed by atoms with Gasteiger partial charge in [0.05, 0.1) is 6.10 Å². The Morgan fingerprint density at radius 1 is 1.56 bits per heavy atom. The fourth-order valence-electron chi connectivity index (χ4n) is 1.53. The van der Waals surface area contributed by atoms with Gasteiger partial charge in [0, 0.05) is 36.3 Å². The van der Waals surface area contributed by atoms with Gasteiger partial charge in [-0.2, -0.15) is 0 Å². The van der Waals surface area contributed by atoms with Crippen LogP contribution in [0, 0.1) is 0 Å². The molecule has 1 fully saturated rings. The molecule has 1 saturated heterocycles. The monoisotopic (exact) mass is 249 g/mol. The Hall–Kier alpha value is -0.460. The summed E-state index contributed by atoms with van der Waals surface area (Å²) in [7, 11) is -1.17. The predicted molar refractivity (Wildman–Crippen MR) is 61.6 cm³/mol. The molecule has 0 bridgehead atoms. The molecule has 2 atom stereocenters. The Morgan fingerprint density at radius 3 is 3.00 bits per heavy atom. The van der Waals surface area contributed by atoms with Crippen molar-refractivity contribution in [1.82, 2.24) is 5.32 Å². The Morgan fingerprint density at radius 2 is 2.38 bits per heavy atom. The largest absolute Gasteiger partial charge is 0.396 e. The quantitative estimate of drug-likeness (QED) is 0.632. The van der Waals surface area contributed by atoms with Crippen molar-refractivity contribution in [2.24, 2.45) is 0 Å². The number of carbonyl (C=O) groups is 1. The molecule has 1 amide bonds. The fourth-order valence-corrected chi connectivity index (χ4v) is 2.52. The van der Waals surface area contributed by atoms with Gasteiger partial charge in [0.15, 0.2) is 0 Å². The van der Waals surface area contributed by atoms with Gasteiger partial charge in [0.1, 0.15) is 5.75 Å². The fraction of sp³-hybridized carbons (Fsp3) is 0.900. The third kappa shape index (κ3) is 5.58. The Bertz CT molecular complexity index is 241. The summed E-state index contributed by atoms with van der Waals surface area (Å²) in [6.07, 6.45) is 2.62. The normalized spacial score (nSPS) is 21.9. The number of carbonyl (C=O) groups excluding carboxylic acids is 1. The second-order valence-electron chi connectivity index (χ2n) is 3.80. The average molecular weight is 249 g/mol. The van der Waals surface area contributed by atoms with Crippen LogP contribution in [0.4, 0.5) is 0 Å². The maximum atomic E-state index is 11.4. The van der Waals surface area contributed by atoms with Crippen LogP contribution in [-0.2, 0) is 20.3 Å². The highest BCUT2D eigenvalue weighted by atomic mass is 32.2. The lowest BCUT2D eigenvalue weighted by Gasteiger charge is -2.10. The highest BCUT2D eigenvalue weighted by Gasteiger charge is 2.16. The lowest BCUT2D eigenvalue weighted by molar-refractivity contribution is -0.119. The van der Waals surface area contributed by atoms with Gasteiger partial charge in [-0.3, -0.25) is 9.00 Å².